The molecule has 1 aliphatic heterocycles. The number of likely N-dealkylation sites (tertiary alicyclic amines) is 1. The maximum Gasteiger partial charge on any atom is 0.244 e. The summed E-state index contributed by atoms with van der Waals surface area (Å²) in [6.45, 7) is 2.29. The van der Waals surface area contributed by atoms with Crippen LogP contribution in [0.15, 0.2) is 22.7 Å². The van der Waals surface area contributed by atoms with Gasteiger partial charge in [-0.15, -0.1) is 0 Å². The van der Waals surface area contributed by atoms with Gasteiger partial charge >= 0.3 is 0 Å². The van der Waals surface area contributed by atoms with E-state index >= 15 is 0 Å². The normalized spacial score (nSPS) is 23.4. The number of hydrogen-bond acceptors (Lipinski definition) is 5. The van der Waals surface area contributed by atoms with Gasteiger partial charge in [0.05, 0.1) is 12.1 Å². The fourth-order valence-electron chi connectivity index (χ4n) is 2.48. The number of halogens is 1. The van der Waals surface area contributed by atoms with Gasteiger partial charge in [-0.05, 0) is 32.0 Å². The predicted octanol–water partition coefficient (Wildman–Crippen LogP) is 1.92. The van der Waals surface area contributed by atoms with Gasteiger partial charge in [0, 0.05) is 12.1 Å². The van der Waals surface area contributed by atoms with Crippen molar-refractivity contribution in [3.8, 4) is 11.4 Å². The van der Waals surface area contributed by atoms with Crippen LogP contribution in [-0.4, -0.2) is 39.8 Å². The lowest BCUT2D eigenvalue weighted by molar-refractivity contribution is 0.182. The van der Waals surface area contributed by atoms with E-state index in [4.69, 9.17) is 4.52 Å². The van der Waals surface area contributed by atoms with Gasteiger partial charge in [0.1, 0.15) is 5.82 Å². The Morgan fingerprint density at radius 1 is 1.45 bits per heavy atom. The van der Waals surface area contributed by atoms with E-state index in [1.807, 2.05) is 11.9 Å². The summed E-state index contributed by atoms with van der Waals surface area (Å²) in [4.78, 5) is 6.29. The van der Waals surface area contributed by atoms with Gasteiger partial charge in [0.15, 0.2) is 0 Å². The molecule has 1 N–H and O–H groups in total. The molecule has 3 rings (SSSR count). The van der Waals surface area contributed by atoms with Crippen molar-refractivity contribution in [2.45, 2.75) is 25.5 Å². The first-order valence-corrected chi connectivity index (χ1v) is 6.53. The monoisotopic (exact) mass is 277 g/mol. The second kappa shape index (κ2) is 4.96. The van der Waals surface area contributed by atoms with Gasteiger partial charge in [-0.2, -0.15) is 4.98 Å². The molecule has 1 aromatic carbocycles. The van der Waals surface area contributed by atoms with Crippen LogP contribution in [0.4, 0.5) is 4.39 Å². The van der Waals surface area contributed by atoms with Crippen LogP contribution in [0.2, 0.25) is 0 Å². The molecule has 0 saturated carbocycles. The average molecular weight is 277 g/mol. The van der Waals surface area contributed by atoms with Gasteiger partial charge in [-0.3, -0.25) is 4.90 Å². The van der Waals surface area contributed by atoms with Gasteiger partial charge in [0.25, 0.3) is 0 Å². The smallest absolute Gasteiger partial charge is 0.244 e. The molecular formula is C14H16FN3O2. The summed E-state index contributed by atoms with van der Waals surface area (Å²) in [6.07, 6.45) is 0.192. The molecule has 0 amide bonds. The third-order valence-corrected chi connectivity index (χ3v) is 3.68. The summed E-state index contributed by atoms with van der Waals surface area (Å²) in [6, 6.07) is 4.77. The van der Waals surface area contributed by atoms with E-state index in [1.54, 1.807) is 19.1 Å². The molecule has 1 aliphatic rings. The Bertz CT molecular complexity index is 629. The molecule has 2 atom stereocenters. The standard InChI is InChI=1S/C14H16FN3O2/c1-8-3-4-9(5-11(8)15)13-16-14(20-17-13)12-6-10(19)7-18(12)2/h3-5,10,12,19H,6-7H2,1-2H3. The first-order chi connectivity index (χ1) is 9.54. The highest BCUT2D eigenvalue weighted by molar-refractivity contribution is 5.55. The number of nitrogens with zero attached hydrogens (tertiary/aromatic N) is 3. The van der Waals surface area contributed by atoms with E-state index in [9.17, 15) is 9.50 Å². The number of hydrogen-bond donors (Lipinski definition) is 1. The molecule has 2 unspecified atom stereocenters. The first kappa shape index (κ1) is 13.2. The number of aliphatic hydroxyl groups excluding tert-OH is 1. The summed E-state index contributed by atoms with van der Waals surface area (Å²) in [5, 5.41) is 13.5. The Labute approximate surface area is 116 Å². The maximum atomic E-state index is 13.6. The second-order valence-electron chi connectivity index (χ2n) is 5.27. The molecule has 106 valence electrons. The van der Waals surface area contributed by atoms with Gasteiger partial charge < -0.3 is 9.63 Å². The zero-order valence-electron chi connectivity index (χ0n) is 11.4. The van der Waals surface area contributed by atoms with Crippen molar-refractivity contribution in [2.24, 2.45) is 0 Å². The highest BCUT2D eigenvalue weighted by atomic mass is 19.1. The third-order valence-electron chi connectivity index (χ3n) is 3.68. The van der Waals surface area contributed by atoms with Gasteiger partial charge in [-0.25, -0.2) is 4.39 Å². The number of aliphatic hydroxyl groups is 1. The van der Waals surface area contributed by atoms with E-state index < -0.39 is 0 Å². The van der Waals surface area contributed by atoms with Crippen molar-refractivity contribution in [3.05, 3.63) is 35.5 Å². The number of benzene rings is 1. The van der Waals surface area contributed by atoms with Crippen LogP contribution >= 0.6 is 0 Å². The Morgan fingerprint density at radius 3 is 2.90 bits per heavy atom. The SMILES string of the molecule is Cc1ccc(-c2noc(C3CC(O)CN3C)n2)cc1F. The van der Waals surface area contributed by atoms with E-state index in [0.717, 1.165) is 0 Å². The summed E-state index contributed by atoms with van der Waals surface area (Å²) in [5.41, 5.74) is 1.17. The molecule has 0 spiro atoms. The summed E-state index contributed by atoms with van der Waals surface area (Å²) >= 11 is 0. The lowest BCUT2D eigenvalue weighted by Crippen LogP contribution is -2.19. The van der Waals surface area contributed by atoms with Gasteiger partial charge in [0.2, 0.25) is 11.7 Å². The van der Waals surface area contributed by atoms with Crippen LogP contribution in [0.5, 0.6) is 0 Å². The van der Waals surface area contributed by atoms with Crippen LogP contribution < -0.4 is 0 Å². The Balaban J connectivity index is 1.88. The Kier molecular flexibility index (Phi) is 3.27. The van der Waals surface area contributed by atoms with Crippen LogP contribution in [0.3, 0.4) is 0 Å². The van der Waals surface area contributed by atoms with E-state index in [2.05, 4.69) is 10.1 Å². The van der Waals surface area contributed by atoms with Crippen molar-refractivity contribution in [1.82, 2.24) is 15.0 Å². The lowest BCUT2D eigenvalue weighted by atomic mass is 10.1. The molecule has 0 radical (unpaired) electrons. The number of β-amino-alcohol motifs (C(OH)–C–C–N with tert-alkyl or cyclic N) is 1. The van der Waals surface area contributed by atoms with Crippen molar-refractivity contribution < 1.29 is 14.0 Å². The lowest BCUT2D eigenvalue weighted by Gasteiger charge is -2.13. The van der Waals surface area contributed by atoms with E-state index in [-0.39, 0.29) is 18.0 Å². The highest BCUT2D eigenvalue weighted by Crippen LogP contribution is 2.30. The van der Waals surface area contributed by atoms with Crippen LogP contribution in [0.1, 0.15) is 23.9 Å². The van der Waals surface area contributed by atoms with E-state index in [0.29, 0.717) is 35.8 Å². The topological polar surface area (TPSA) is 62.4 Å². The molecular weight excluding hydrogens is 261 g/mol. The maximum absolute atomic E-state index is 13.6. The fraction of sp³-hybridized carbons (Fsp3) is 0.429. The minimum atomic E-state index is -0.378. The predicted molar refractivity (Wildman–Crippen MR) is 70.4 cm³/mol. The fourth-order valence-corrected chi connectivity index (χ4v) is 2.48. The largest absolute Gasteiger partial charge is 0.392 e. The second-order valence-corrected chi connectivity index (χ2v) is 5.27. The number of likely N-dealkylation sites (N-methyl/N-ethyl adjacent to an activating group) is 1. The minimum absolute atomic E-state index is 0.0819. The minimum Gasteiger partial charge on any atom is -0.392 e. The number of aromatic nitrogens is 2. The highest BCUT2D eigenvalue weighted by Gasteiger charge is 2.33. The van der Waals surface area contributed by atoms with Crippen LogP contribution in [0, 0.1) is 12.7 Å². The first-order valence-electron chi connectivity index (χ1n) is 6.53. The van der Waals surface area contributed by atoms with Crippen molar-refractivity contribution in [2.75, 3.05) is 13.6 Å². The molecule has 5 nitrogen and oxygen atoms in total. The summed E-state index contributed by atoms with van der Waals surface area (Å²) < 4.78 is 18.8. The average Bonchev–Trinajstić information content (AvgIpc) is 2.99. The zero-order valence-corrected chi connectivity index (χ0v) is 11.4. The van der Waals surface area contributed by atoms with Crippen molar-refractivity contribution >= 4 is 0 Å². The Hall–Kier alpha value is -1.79. The van der Waals surface area contributed by atoms with Gasteiger partial charge in [-0.1, -0.05) is 17.3 Å². The zero-order chi connectivity index (χ0) is 14.3. The molecule has 0 bridgehead atoms. The molecule has 1 fully saturated rings. The van der Waals surface area contributed by atoms with Crippen molar-refractivity contribution in [1.29, 1.82) is 0 Å². The molecule has 2 heterocycles. The summed E-state index contributed by atoms with van der Waals surface area (Å²) in [7, 11) is 1.90. The van der Waals surface area contributed by atoms with Crippen molar-refractivity contribution in [3.63, 3.8) is 0 Å². The molecule has 1 aromatic heterocycles. The van der Waals surface area contributed by atoms with Crippen LogP contribution in [0.25, 0.3) is 11.4 Å². The van der Waals surface area contributed by atoms with E-state index in [1.165, 1.54) is 6.07 Å². The molecule has 1 saturated heterocycles. The Morgan fingerprint density at radius 2 is 2.25 bits per heavy atom. The molecule has 0 aliphatic carbocycles. The molecule has 2 aromatic rings. The quantitative estimate of drug-likeness (QED) is 0.908. The van der Waals surface area contributed by atoms with Crippen LogP contribution in [-0.2, 0) is 0 Å². The number of aryl methyl sites for hydroxylation is 1. The molecule has 20 heavy (non-hydrogen) atoms. The molecule has 6 heteroatoms. The summed E-state index contributed by atoms with van der Waals surface area (Å²) in [5.74, 6) is 0.538. The number of rotatable bonds is 2. The third kappa shape index (κ3) is 2.32.